The fraction of sp³-hybridized carbons (Fsp3) is 0.924. The van der Waals surface area contributed by atoms with Gasteiger partial charge in [0.05, 0.1) is 78.7 Å². The quantitative estimate of drug-likeness (QED) is 0.0262. The third-order valence-corrected chi connectivity index (χ3v) is 21.3. The van der Waals surface area contributed by atoms with Crippen LogP contribution in [0.25, 0.3) is 0 Å². The number of ether oxygens (including phenoxy) is 18. The molecule has 46 atom stereocenters. The molecule has 0 spiro atoms. The number of hydrogen-bond acceptors (Lipinski definition) is 48. The zero-order valence-electron chi connectivity index (χ0n) is 64.0. The van der Waals surface area contributed by atoms with Gasteiger partial charge in [-0.3, -0.25) is 24.0 Å². The maximum atomic E-state index is 13.1. The highest BCUT2D eigenvalue weighted by atomic mass is 16.8. The van der Waals surface area contributed by atoms with Crippen LogP contribution < -0.4 is 26.6 Å². The normalized spacial score (nSPS) is 46.9. The van der Waals surface area contributed by atoms with Gasteiger partial charge in [0.15, 0.2) is 56.6 Å². The lowest BCUT2D eigenvalue weighted by atomic mass is 9.93. The maximum absolute atomic E-state index is 13.1. The number of aliphatic hydroxyl groups excluding tert-OH is 25. The second kappa shape index (κ2) is 44.2. The van der Waals surface area contributed by atoms with Crippen LogP contribution >= 0.6 is 0 Å². The summed E-state index contributed by atoms with van der Waals surface area (Å²) in [7, 11) is 0. The van der Waals surface area contributed by atoms with E-state index < -0.39 is 378 Å². The molecule has 0 aromatic rings. The molecule has 9 aliphatic heterocycles. The third-order valence-electron chi connectivity index (χ3n) is 21.3. The van der Waals surface area contributed by atoms with Crippen molar-refractivity contribution in [1.82, 2.24) is 26.6 Å². The van der Waals surface area contributed by atoms with Gasteiger partial charge in [0.25, 0.3) is 0 Å². The molecule has 0 aromatic heterocycles. The minimum absolute atomic E-state index is 0.254. The summed E-state index contributed by atoms with van der Waals surface area (Å²) in [5.41, 5.74) is 0. The minimum Gasteiger partial charge on any atom is -0.394 e. The Kier molecular flexibility index (Phi) is 36.5. The Hall–Kier alpha value is -4.37. The molecule has 0 bridgehead atoms. The van der Waals surface area contributed by atoms with E-state index in [1.165, 1.54) is 0 Å². The Balaban J connectivity index is 0.902. The van der Waals surface area contributed by atoms with Gasteiger partial charge in [-0.2, -0.15) is 0 Å². The van der Waals surface area contributed by atoms with E-state index in [4.69, 9.17) is 85.3 Å². The van der Waals surface area contributed by atoms with Crippen molar-refractivity contribution >= 4 is 30.0 Å². The predicted octanol–water partition coefficient (Wildman–Crippen LogP) is -20.9. The number of amides is 5. The molecule has 5 amide bonds. The van der Waals surface area contributed by atoms with E-state index in [1.807, 2.05) is 0 Å². The number of carbonyl (C=O) groups excluding carboxylic acids is 5. The van der Waals surface area contributed by atoms with Crippen molar-refractivity contribution in [1.29, 1.82) is 0 Å². The summed E-state index contributed by atoms with van der Waals surface area (Å²) >= 11 is 0. The molecular formula is C66H111N5O48. The van der Waals surface area contributed by atoms with E-state index in [0.717, 1.165) is 27.7 Å². The number of nitrogens with one attached hydrogen (secondary N) is 5. The summed E-state index contributed by atoms with van der Waals surface area (Å²) in [5.74, 6) is -3.67. The molecule has 30 N–H and O–H groups in total. The van der Waals surface area contributed by atoms with Gasteiger partial charge in [-0.25, -0.2) is 0 Å². The van der Waals surface area contributed by atoms with E-state index in [0.29, 0.717) is 0 Å². The summed E-state index contributed by atoms with van der Waals surface area (Å²) in [5, 5.41) is 290. The Morgan fingerprint density at radius 1 is 0.269 bits per heavy atom. The predicted molar refractivity (Wildman–Crippen MR) is 367 cm³/mol. The van der Waals surface area contributed by atoms with Crippen molar-refractivity contribution in [3.8, 4) is 0 Å². The van der Waals surface area contributed by atoms with E-state index in [2.05, 4.69) is 26.6 Å². The monoisotopic (exact) mass is 1740 g/mol. The molecule has 9 heterocycles. The van der Waals surface area contributed by atoms with Gasteiger partial charge in [-0.1, -0.05) is 0 Å². The van der Waals surface area contributed by atoms with Crippen LogP contribution in [0.4, 0.5) is 0 Å². The maximum Gasteiger partial charge on any atom is 0.217 e. The molecule has 9 fully saturated rings. The lowest BCUT2D eigenvalue weighted by Crippen LogP contribution is -2.71. The molecule has 9 saturated heterocycles. The molecule has 9 aliphatic rings. The van der Waals surface area contributed by atoms with Gasteiger partial charge in [-0.05, 0) is 0 Å². The minimum atomic E-state index is -2.40. The van der Waals surface area contributed by atoms with Crippen LogP contribution in [0.15, 0.2) is 0 Å². The van der Waals surface area contributed by atoms with Crippen LogP contribution in [-0.4, -0.2) is 513 Å². The van der Waals surface area contributed by atoms with Crippen LogP contribution in [0.5, 0.6) is 0 Å². The first kappa shape index (κ1) is 98.4. The van der Waals surface area contributed by atoms with Gasteiger partial charge in [0.2, 0.25) is 30.0 Å². The molecule has 0 radical (unpaired) electrons. The van der Waals surface area contributed by atoms with Crippen molar-refractivity contribution in [3.63, 3.8) is 0 Å². The molecule has 53 nitrogen and oxygen atoms in total. The molecule has 0 unspecified atom stereocenters. The van der Waals surface area contributed by atoms with E-state index >= 15 is 0 Å². The molecule has 53 heteroatoms. The van der Waals surface area contributed by atoms with Crippen molar-refractivity contribution in [3.05, 3.63) is 0 Å². The van der Waals surface area contributed by atoms with Gasteiger partial charge >= 0.3 is 0 Å². The average Bonchev–Trinajstić information content (AvgIpc) is 0.775. The molecule has 0 aromatic carbocycles. The number of carbonyl (C=O) groups is 5. The molecular weight excluding hydrogens is 1630 g/mol. The molecule has 0 aliphatic carbocycles. The fourth-order valence-corrected chi connectivity index (χ4v) is 15.2. The Morgan fingerprint density at radius 3 is 0.798 bits per heavy atom. The summed E-state index contributed by atoms with van der Waals surface area (Å²) in [6, 6.07) is -8.50. The first-order valence-corrected chi connectivity index (χ1v) is 37.8. The van der Waals surface area contributed by atoms with Crippen LogP contribution in [0, 0.1) is 0 Å². The lowest BCUT2D eigenvalue weighted by molar-refractivity contribution is -0.390. The first-order valence-electron chi connectivity index (χ1n) is 37.8. The second-order valence-electron chi connectivity index (χ2n) is 29.6. The average molecular weight is 1740 g/mol. The van der Waals surface area contributed by atoms with E-state index in [-0.39, 0.29) is 6.41 Å². The van der Waals surface area contributed by atoms with Crippen molar-refractivity contribution in [2.75, 3.05) is 72.7 Å². The highest BCUT2D eigenvalue weighted by Crippen LogP contribution is 2.41. The Labute approximate surface area is 674 Å². The zero-order valence-corrected chi connectivity index (χ0v) is 64.0. The number of hydrogen-bond donors (Lipinski definition) is 30. The number of rotatable bonds is 35. The van der Waals surface area contributed by atoms with Crippen LogP contribution in [0.1, 0.15) is 27.7 Å². The summed E-state index contributed by atoms with van der Waals surface area (Å²) in [6.45, 7) is -7.10. The Bertz CT molecular complexity index is 3160. The van der Waals surface area contributed by atoms with Crippen molar-refractivity contribution in [2.45, 2.75) is 310 Å². The van der Waals surface area contributed by atoms with Crippen LogP contribution in [0.2, 0.25) is 0 Å². The standard InChI is InChI=1S/C66H111N5O48/c1-17(83)68-31-41(93)35(87)22(6-73)103-58(31)116-56-39(91)27(11-78)108-66(49(56)101)115-53-34(71-20(4)86)61(104-23(7-74)36(53)88)119-57-40(92)26(10-77)106-64(48(57)100)113-51-29(13-80)109-59(32(43(51)95)69-18(2)84)117-54-37(89)24(8-75)105-63(46(54)98)112-50-28(12-79)110-60(33(42(50)94)70-19(3)85)118-55-38(90)25(9-76)107-65(47(55)99)114-52-30(14-81)111-62(45(97)44(52)96)102-15-21(5-72)67-16-82/h16,21-66,72-81,87-101H,5-15H2,1-4H3,(H,67,82)(H,68,83)(H,69,84)(H,70,85)(H,71,86)/t21-,22-,23-,24-,25-,26-,27-,28-,29-,30-,31-,32-,33-,34-,35+,36+,37+,38+,39+,40+,41-,42-,43-,44-,45-,46-,47-,48-,49-,50-,51-,52-,53-,54+,55+,56+,57+,58-,59+,60+,61-,62-,63+,64+,65+,66+/m1/s1. The molecule has 688 valence electrons. The molecule has 9 rings (SSSR count). The largest absolute Gasteiger partial charge is 0.394 e. The van der Waals surface area contributed by atoms with Crippen molar-refractivity contribution in [2.24, 2.45) is 0 Å². The molecule has 0 saturated carbocycles. The van der Waals surface area contributed by atoms with Gasteiger partial charge in [0, 0.05) is 27.7 Å². The van der Waals surface area contributed by atoms with Gasteiger partial charge < -0.3 is 240 Å². The number of aliphatic hydroxyl groups is 25. The third kappa shape index (κ3) is 22.4. The first-order chi connectivity index (χ1) is 56.5. The highest BCUT2D eigenvalue weighted by Gasteiger charge is 2.62. The SMILES string of the molecule is CC(=O)N[C@H]1[C@H](O[C@H]2[C@@H](O)[C@@H](CO)O[C@@H](O[C@H]3[C@H](O)[C@@H](O)[C@H](OC[C@@H](CO)NC=O)O[C@@H]3CO)[C@@H]2O)O[C@H](CO)[C@@H](O[C@@H]2O[C@H](CO)[C@H](O)[C@H](O[C@@H]3O[C@H](CO)[C@@H](O[C@@H]4O[C@H](CO)[C@H](O)[C@H](O[C@H]5O[C@H](CO)[C@H](O)[C@H](O[C@@H]6O[C@H](CO)[C@H](O)[C@H](O[C@H]7O[C@H](CO)[C@H](O)[C@H](O)[C@H]7NC(C)=O)[C@H]6O)[C@H]5NC(C)=O)[C@H]4O)[C@H](O)[C@H]3NC(C)=O)[C@H]2O)[C@@H]1O. The summed E-state index contributed by atoms with van der Waals surface area (Å²) < 4.78 is 105. The topological polar surface area (TPSA) is 817 Å². The highest BCUT2D eigenvalue weighted by molar-refractivity contribution is 5.74. The van der Waals surface area contributed by atoms with Gasteiger partial charge in [0.1, 0.15) is 219 Å². The van der Waals surface area contributed by atoms with Crippen LogP contribution in [0.3, 0.4) is 0 Å². The van der Waals surface area contributed by atoms with Crippen LogP contribution in [-0.2, 0) is 109 Å². The summed E-state index contributed by atoms with van der Waals surface area (Å²) in [6.07, 6.45) is -83.3. The zero-order chi connectivity index (χ0) is 87.6. The summed E-state index contributed by atoms with van der Waals surface area (Å²) in [4.78, 5) is 62.2. The fourth-order valence-electron chi connectivity index (χ4n) is 15.2. The van der Waals surface area contributed by atoms with Gasteiger partial charge in [-0.15, -0.1) is 0 Å². The second-order valence-corrected chi connectivity index (χ2v) is 29.6. The molecule has 119 heavy (non-hydrogen) atoms. The lowest BCUT2D eigenvalue weighted by Gasteiger charge is -2.51. The van der Waals surface area contributed by atoms with E-state index in [1.54, 1.807) is 0 Å². The Morgan fingerprint density at radius 2 is 0.504 bits per heavy atom. The smallest absolute Gasteiger partial charge is 0.217 e. The van der Waals surface area contributed by atoms with Crippen molar-refractivity contribution < 1.29 is 237 Å². The van der Waals surface area contributed by atoms with E-state index in [9.17, 15) is 152 Å².